The number of Topliss-reactive ketones (excluding diaryl/α,β-unsaturated/α-hetero) is 1. The molecule has 1 amide bonds. The Balaban J connectivity index is 1.70. The van der Waals surface area contributed by atoms with Gasteiger partial charge in [-0.1, -0.05) is 74.7 Å². The van der Waals surface area contributed by atoms with E-state index in [1.54, 1.807) is 38.6 Å². The van der Waals surface area contributed by atoms with Crippen LogP contribution in [0.5, 0.6) is 0 Å². The number of benzene rings is 2. The number of rotatable bonds is 13. The number of carbonyl (C=O) groups is 2. The highest BCUT2D eigenvalue weighted by Gasteiger charge is 2.20. The lowest BCUT2D eigenvalue weighted by Crippen LogP contribution is -2.30. The Morgan fingerprint density at radius 1 is 0.971 bits per heavy atom. The zero-order valence-corrected chi connectivity index (χ0v) is 20.3. The molecule has 2 aromatic carbocycles. The molecule has 1 aromatic heterocycles. The molecule has 34 heavy (non-hydrogen) atoms. The third-order valence-corrected chi connectivity index (χ3v) is 6.09. The van der Waals surface area contributed by atoms with E-state index in [9.17, 15) is 9.59 Å². The Morgan fingerprint density at radius 2 is 1.74 bits per heavy atom. The van der Waals surface area contributed by atoms with E-state index in [1.807, 2.05) is 24.3 Å². The van der Waals surface area contributed by atoms with Crippen LogP contribution in [0.4, 0.5) is 0 Å². The van der Waals surface area contributed by atoms with Gasteiger partial charge in [0.2, 0.25) is 5.91 Å². The lowest BCUT2D eigenvalue weighted by Gasteiger charge is -2.18. The lowest BCUT2D eigenvalue weighted by atomic mass is 9.90. The highest BCUT2D eigenvalue weighted by atomic mass is 16.7. The summed E-state index contributed by atoms with van der Waals surface area (Å²) in [5.74, 6) is -0.129. The summed E-state index contributed by atoms with van der Waals surface area (Å²) < 4.78 is 10.8. The second kappa shape index (κ2) is 13.0. The van der Waals surface area contributed by atoms with Gasteiger partial charge in [0, 0.05) is 43.4 Å². The summed E-state index contributed by atoms with van der Waals surface area (Å²) in [6, 6.07) is 17.3. The first-order valence-corrected chi connectivity index (χ1v) is 11.9. The number of methoxy groups -OCH3 is 2. The molecule has 0 aliphatic carbocycles. The van der Waals surface area contributed by atoms with Crippen molar-refractivity contribution in [2.24, 2.45) is 0 Å². The minimum Gasteiger partial charge on any atom is -0.352 e. The van der Waals surface area contributed by atoms with Gasteiger partial charge in [-0.05, 0) is 24.0 Å². The van der Waals surface area contributed by atoms with Crippen LogP contribution < -0.4 is 5.32 Å². The normalized spacial score (nSPS) is 12.1. The molecule has 1 N–H and O–H groups in total. The molecule has 0 fully saturated rings. The molecule has 180 valence electrons. The van der Waals surface area contributed by atoms with Gasteiger partial charge in [-0.3, -0.25) is 14.6 Å². The van der Waals surface area contributed by atoms with Crippen molar-refractivity contribution in [3.05, 3.63) is 77.5 Å². The first kappa shape index (κ1) is 25.5. The van der Waals surface area contributed by atoms with Crippen molar-refractivity contribution >= 4 is 22.6 Å². The number of fused-ring (bicyclic) bond motifs is 1. The summed E-state index contributed by atoms with van der Waals surface area (Å²) >= 11 is 0. The van der Waals surface area contributed by atoms with Crippen LogP contribution in [-0.4, -0.2) is 37.4 Å². The molecule has 3 rings (SSSR count). The van der Waals surface area contributed by atoms with Crippen LogP contribution >= 0.6 is 0 Å². The van der Waals surface area contributed by atoms with Crippen LogP contribution in [0.3, 0.4) is 0 Å². The van der Waals surface area contributed by atoms with Gasteiger partial charge in [-0.25, -0.2) is 0 Å². The number of pyridine rings is 1. The van der Waals surface area contributed by atoms with Crippen molar-refractivity contribution < 1.29 is 19.1 Å². The SMILES string of the molecule is CCCCCC(CC(=O)NCC(=O)c1ccc(C(OC)OC)c2ncccc12)c1ccccc1. The van der Waals surface area contributed by atoms with Crippen molar-refractivity contribution in [1.82, 2.24) is 10.3 Å². The number of carbonyl (C=O) groups excluding carboxylic acids is 2. The largest absolute Gasteiger partial charge is 0.352 e. The highest BCUT2D eigenvalue weighted by Crippen LogP contribution is 2.28. The highest BCUT2D eigenvalue weighted by molar-refractivity contribution is 6.09. The maximum atomic E-state index is 13.0. The fourth-order valence-corrected chi connectivity index (χ4v) is 4.30. The second-order valence-electron chi connectivity index (χ2n) is 8.41. The Morgan fingerprint density at radius 3 is 2.44 bits per heavy atom. The number of hydrogen-bond donors (Lipinski definition) is 1. The Hall–Kier alpha value is -3.09. The average Bonchev–Trinajstić information content (AvgIpc) is 2.88. The fourth-order valence-electron chi connectivity index (χ4n) is 4.30. The number of hydrogen-bond acceptors (Lipinski definition) is 5. The molecule has 0 aliphatic rings. The molecular formula is C28H34N2O4. The van der Waals surface area contributed by atoms with Crippen LogP contribution in [0.2, 0.25) is 0 Å². The third kappa shape index (κ3) is 6.49. The molecule has 0 bridgehead atoms. The summed E-state index contributed by atoms with van der Waals surface area (Å²) in [6.07, 6.45) is 5.78. The number of nitrogens with one attached hydrogen (secondary N) is 1. The standard InChI is InChI=1S/C28H34N2O4/c1-4-5-7-13-21(20-11-8-6-9-12-20)18-26(32)30-19-25(31)22-15-16-24(28(33-2)34-3)27-23(22)14-10-17-29-27/h6,8-12,14-17,21,28H,4-5,7,13,18-19H2,1-3H3,(H,30,32). The Bertz CT molecular complexity index is 1080. The third-order valence-electron chi connectivity index (χ3n) is 6.09. The molecule has 3 aromatic rings. The zero-order valence-electron chi connectivity index (χ0n) is 20.3. The maximum absolute atomic E-state index is 13.0. The van der Waals surface area contributed by atoms with Crippen molar-refractivity contribution in [3.8, 4) is 0 Å². The number of unbranched alkanes of at least 4 members (excludes halogenated alkanes) is 2. The molecule has 6 nitrogen and oxygen atoms in total. The van der Waals surface area contributed by atoms with Crippen molar-refractivity contribution in [3.63, 3.8) is 0 Å². The van der Waals surface area contributed by atoms with Crippen LogP contribution in [0.1, 0.15) is 72.7 Å². The molecule has 0 radical (unpaired) electrons. The molecule has 1 atom stereocenters. The minimum atomic E-state index is -0.580. The van der Waals surface area contributed by atoms with Crippen molar-refractivity contribution in [1.29, 1.82) is 0 Å². The topological polar surface area (TPSA) is 77.5 Å². The van der Waals surface area contributed by atoms with Gasteiger partial charge < -0.3 is 14.8 Å². The molecule has 0 saturated carbocycles. The molecule has 0 aliphatic heterocycles. The van der Waals surface area contributed by atoms with Gasteiger partial charge in [-0.2, -0.15) is 0 Å². The summed E-state index contributed by atoms with van der Waals surface area (Å²) in [6.45, 7) is 2.11. The smallest absolute Gasteiger partial charge is 0.220 e. The summed E-state index contributed by atoms with van der Waals surface area (Å²) in [5.41, 5.74) is 3.08. The van der Waals surface area contributed by atoms with Crippen LogP contribution in [0, 0.1) is 0 Å². The number of nitrogens with zero attached hydrogens (tertiary/aromatic N) is 1. The summed E-state index contributed by atoms with van der Waals surface area (Å²) in [7, 11) is 3.12. The molecule has 1 unspecified atom stereocenters. The van der Waals surface area contributed by atoms with Crippen LogP contribution in [-0.2, 0) is 14.3 Å². The minimum absolute atomic E-state index is 0.0589. The first-order valence-electron chi connectivity index (χ1n) is 11.9. The van der Waals surface area contributed by atoms with E-state index in [1.165, 1.54) is 5.56 Å². The number of ketones is 1. The summed E-state index contributed by atoms with van der Waals surface area (Å²) in [5, 5.41) is 3.55. The lowest BCUT2D eigenvalue weighted by molar-refractivity contribution is -0.121. The van der Waals surface area contributed by atoms with E-state index in [2.05, 4.69) is 29.4 Å². The number of aromatic nitrogens is 1. The number of ether oxygens (including phenoxy) is 2. The molecule has 6 heteroatoms. The van der Waals surface area contributed by atoms with Gasteiger partial charge >= 0.3 is 0 Å². The van der Waals surface area contributed by atoms with Gasteiger partial charge in [0.1, 0.15) is 0 Å². The van der Waals surface area contributed by atoms with Crippen molar-refractivity contribution in [2.45, 2.75) is 51.2 Å². The average molecular weight is 463 g/mol. The zero-order chi connectivity index (χ0) is 24.3. The van der Waals surface area contributed by atoms with E-state index < -0.39 is 6.29 Å². The monoisotopic (exact) mass is 462 g/mol. The first-order chi connectivity index (χ1) is 16.6. The van der Waals surface area contributed by atoms with Gasteiger partial charge in [0.05, 0.1) is 12.1 Å². The van der Waals surface area contributed by atoms with Crippen LogP contribution in [0.25, 0.3) is 10.9 Å². The van der Waals surface area contributed by atoms with Crippen molar-refractivity contribution in [2.75, 3.05) is 20.8 Å². The van der Waals surface area contributed by atoms with E-state index >= 15 is 0 Å². The van der Waals surface area contributed by atoms with E-state index in [0.717, 1.165) is 31.2 Å². The molecule has 1 heterocycles. The summed E-state index contributed by atoms with van der Waals surface area (Å²) in [4.78, 5) is 30.3. The van der Waals surface area contributed by atoms with Crippen LogP contribution in [0.15, 0.2) is 60.8 Å². The van der Waals surface area contributed by atoms with E-state index in [0.29, 0.717) is 22.9 Å². The van der Waals surface area contributed by atoms with Gasteiger partial charge in [-0.15, -0.1) is 0 Å². The fraction of sp³-hybridized carbons (Fsp3) is 0.393. The second-order valence-corrected chi connectivity index (χ2v) is 8.41. The molecule has 0 spiro atoms. The predicted molar refractivity (Wildman–Crippen MR) is 134 cm³/mol. The number of amides is 1. The quantitative estimate of drug-likeness (QED) is 0.204. The van der Waals surface area contributed by atoms with E-state index in [4.69, 9.17) is 9.47 Å². The van der Waals surface area contributed by atoms with E-state index in [-0.39, 0.29) is 24.2 Å². The Labute approximate surface area is 201 Å². The maximum Gasteiger partial charge on any atom is 0.220 e. The Kier molecular flexibility index (Phi) is 9.74. The van der Waals surface area contributed by atoms with Gasteiger partial charge in [0.15, 0.2) is 12.1 Å². The molecule has 0 saturated heterocycles. The molecular weight excluding hydrogens is 428 g/mol. The van der Waals surface area contributed by atoms with Gasteiger partial charge in [0.25, 0.3) is 0 Å². The predicted octanol–water partition coefficient (Wildman–Crippen LogP) is 5.58.